The third kappa shape index (κ3) is 4.94. The fourth-order valence-corrected chi connectivity index (χ4v) is 4.20. The highest BCUT2D eigenvalue weighted by Crippen LogP contribution is 2.37. The van der Waals surface area contributed by atoms with Crippen LogP contribution in [0.5, 0.6) is 0 Å². The highest BCUT2D eigenvalue weighted by Gasteiger charge is 2.29. The molecule has 0 amide bonds. The van der Waals surface area contributed by atoms with Gasteiger partial charge in [-0.15, -0.1) is 0 Å². The van der Waals surface area contributed by atoms with Crippen LogP contribution in [0.3, 0.4) is 0 Å². The zero-order valence-corrected chi connectivity index (χ0v) is 19.3. The molecule has 0 fully saturated rings. The van der Waals surface area contributed by atoms with E-state index in [0.717, 1.165) is 16.7 Å². The molecule has 1 unspecified atom stereocenters. The van der Waals surface area contributed by atoms with E-state index in [1.165, 1.54) is 7.11 Å². The second-order valence-corrected chi connectivity index (χ2v) is 7.91. The van der Waals surface area contributed by atoms with Crippen molar-refractivity contribution in [3.63, 3.8) is 0 Å². The van der Waals surface area contributed by atoms with E-state index in [2.05, 4.69) is 24.3 Å². The molecule has 0 bridgehead atoms. The topological polar surface area (TPSA) is 55.8 Å². The number of benzene rings is 3. The lowest BCUT2D eigenvalue weighted by atomic mass is 9.87. The molecule has 3 aromatic carbocycles. The smallest absolute Gasteiger partial charge is 0.338 e. The summed E-state index contributed by atoms with van der Waals surface area (Å²) in [5.41, 5.74) is 3.95. The van der Waals surface area contributed by atoms with Gasteiger partial charge in [-0.25, -0.2) is 9.59 Å². The zero-order valence-electron chi connectivity index (χ0n) is 19.3. The molecule has 0 N–H and O–H groups in total. The van der Waals surface area contributed by atoms with E-state index in [1.807, 2.05) is 65.8 Å². The summed E-state index contributed by atoms with van der Waals surface area (Å²) in [4.78, 5) is 27.2. The van der Waals surface area contributed by atoms with Gasteiger partial charge in [0.15, 0.2) is 0 Å². The number of rotatable bonds is 7. The molecule has 1 atom stereocenters. The Morgan fingerprint density at radius 1 is 0.882 bits per heavy atom. The minimum absolute atomic E-state index is 0.120. The van der Waals surface area contributed by atoms with Gasteiger partial charge in [-0.2, -0.15) is 0 Å². The summed E-state index contributed by atoms with van der Waals surface area (Å²) in [5.74, 6) is -1.16. The maximum atomic E-state index is 12.9. The number of hydrogen-bond acceptors (Lipinski definition) is 5. The second kappa shape index (κ2) is 10.7. The van der Waals surface area contributed by atoms with Crippen molar-refractivity contribution < 1.29 is 19.1 Å². The Morgan fingerprint density at radius 3 is 2.12 bits per heavy atom. The molecule has 1 aliphatic rings. The van der Waals surface area contributed by atoms with Gasteiger partial charge in [0, 0.05) is 18.3 Å². The number of allylic oxidation sites excluding steroid dienone is 1. The summed E-state index contributed by atoms with van der Waals surface area (Å²) >= 11 is 0. The monoisotopic (exact) mass is 453 g/mol. The summed E-state index contributed by atoms with van der Waals surface area (Å²) < 4.78 is 10.3. The average Bonchev–Trinajstić information content (AvgIpc) is 2.90. The summed E-state index contributed by atoms with van der Waals surface area (Å²) in [6.45, 7) is 2.07. The van der Waals surface area contributed by atoms with Gasteiger partial charge in [-0.3, -0.25) is 0 Å². The Labute approximate surface area is 199 Å². The minimum Gasteiger partial charge on any atom is -0.466 e. The molecule has 1 heterocycles. The molecule has 172 valence electrons. The van der Waals surface area contributed by atoms with Gasteiger partial charge in [0.25, 0.3) is 0 Å². The number of methoxy groups -OCH3 is 1. The van der Waals surface area contributed by atoms with Crippen molar-refractivity contribution in [2.24, 2.45) is 0 Å². The lowest BCUT2D eigenvalue weighted by molar-refractivity contribution is -0.136. The number of nitrogens with zero attached hydrogens (tertiary/aromatic N) is 1. The third-order valence-electron chi connectivity index (χ3n) is 5.78. The van der Waals surface area contributed by atoms with Crippen LogP contribution in [0.2, 0.25) is 0 Å². The van der Waals surface area contributed by atoms with Gasteiger partial charge < -0.3 is 14.4 Å². The molecule has 0 aliphatic carbocycles. The summed E-state index contributed by atoms with van der Waals surface area (Å²) in [7, 11) is 1.38. The minimum atomic E-state index is -0.416. The normalized spacial score (nSPS) is 15.1. The van der Waals surface area contributed by atoms with Gasteiger partial charge in [0.05, 0.1) is 30.9 Å². The fourth-order valence-electron chi connectivity index (χ4n) is 4.20. The third-order valence-corrected chi connectivity index (χ3v) is 5.78. The van der Waals surface area contributed by atoms with Crippen LogP contribution < -0.4 is 0 Å². The van der Waals surface area contributed by atoms with Gasteiger partial charge in [-0.1, -0.05) is 78.9 Å². The number of ether oxygens (including phenoxy) is 2. The van der Waals surface area contributed by atoms with Gasteiger partial charge in [0.1, 0.15) is 0 Å². The van der Waals surface area contributed by atoms with Crippen LogP contribution in [0.1, 0.15) is 45.9 Å². The molecule has 34 heavy (non-hydrogen) atoms. The Balaban J connectivity index is 1.75. The largest absolute Gasteiger partial charge is 0.466 e. The summed E-state index contributed by atoms with van der Waals surface area (Å²) in [6.07, 6.45) is 5.80. The van der Waals surface area contributed by atoms with Gasteiger partial charge >= 0.3 is 11.9 Å². The first-order valence-corrected chi connectivity index (χ1v) is 11.2. The van der Waals surface area contributed by atoms with Gasteiger partial charge in [-0.05, 0) is 35.7 Å². The van der Waals surface area contributed by atoms with Crippen LogP contribution in [0.4, 0.5) is 0 Å². The molecule has 3 aromatic rings. The number of carbonyl (C=O) groups excluding carboxylic acids is 2. The quantitative estimate of drug-likeness (QED) is 0.435. The Kier molecular flexibility index (Phi) is 7.23. The van der Waals surface area contributed by atoms with E-state index in [1.54, 1.807) is 25.1 Å². The number of esters is 2. The van der Waals surface area contributed by atoms with Crippen LogP contribution in [-0.2, 0) is 14.3 Å². The van der Waals surface area contributed by atoms with Crippen LogP contribution in [-0.4, -0.2) is 30.6 Å². The van der Waals surface area contributed by atoms with E-state index < -0.39 is 5.97 Å². The van der Waals surface area contributed by atoms with Crippen LogP contribution in [0, 0.1) is 0 Å². The molecule has 5 heteroatoms. The molecule has 4 rings (SSSR count). The van der Waals surface area contributed by atoms with E-state index in [-0.39, 0.29) is 17.9 Å². The van der Waals surface area contributed by atoms with Crippen LogP contribution in [0.15, 0.2) is 109 Å². The zero-order chi connectivity index (χ0) is 23.9. The van der Waals surface area contributed by atoms with E-state index in [0.29, 0.717) is 17.7 Å². The predicted octanol–water partition coefficient (Wildman–Crippen LogP) is 5.62. The van der Waals surface area contributed by atoms with Crippen LogP contribution in [0.25, 0.3) is 0 Å². The van der Waals surface area contributed by atoms with Crippen molar-refractivity contribution in [1.82, 2.24) is 4.90 Å². The molecule has 0 spiro atoms. The van der Waals surface area contributed by atoms with Crippen molar-refractivity contribution in [2.45, 2.75) is 18.9 Å². The average molecular weight is 454 g/mol. The number of carbonyl (C=O) groups is 2. The fraction of sp³-hybridized carbons (Fsp3) is 0.172. The molecule has 0 saturated heterocycles. The molecule has 5 nitrogen and oxygen atoms in total. The lowest BCUT2D eigenvalue weighted by Crippen LogP contribution is -2.26. The molecule has 0 aromatic heterocycles. The molecular weight excluding hydrogens is 426 g/mol. The highest BCUT2D eigenvalue weighted by molar-refractivity contribution is 5.92. The molecule has 0 saturated carbocycles. The molecule has 1 aliphatic heterocycles. The Morgan fingerprint density at radius 2 is 1.53 bits per heavy atom. The van der Waals surface area contributed by atoms with Gasteiger partial charge in [0.2, 0.25) is 0 Å². The van der Waals surface area contributed by atoms with E-state index in [9.17, 15) is 9.59 Å². The molecule has 0 radical (unpaired) electrons. The van der Waals surface area contributed by atoms with Crippen molar-refractivity contribution in [3.8, 4) is 0 Å². The first-order chi connectivity index (χ1) is 16.6. The maximum absolute atomic E-state index is 12.9. The summed E-state index contributed by atoms with van der Waals surface area (Å²) in [6, 6.07) is 27.4. The molecular formula is C29H27NO4. The predicted molar refractivity (Wildman–Crippen MR) is 131 cm³/mol. The standard InChI is InChI=1S/C29H27NO4/c1-3-34-28(31)24-16-10-15-23(19-24)25-17-18-30(20-26(25)29(32)33-2)27(21-11-6-4-7-12-21)22-13-8-5-9-14-22/h4-20,25,27H,3H2,1-2H3. The first-order valence-electron chi connectivity index (χ1n) is 11.2. The Bertz CT molecular complexity index is 1160. The second-order valence-electron chi connectivity index (χ2n) is 7.91. The van der Waals surface area contributed by atoms with Crippen molar-refractivity contribution >= 4 is 11.9 Å². The Hall–Kier alpha value is -4.12. The number of hydrogen-bond donors (Lipinski definition) is 0. The van der Waals surface area contributed by atoms with Crippen molar-refractivity contribution in [3.05, 3.63) is 131 Å². The SMILES string of the molecule is CCOC(=O)c1cccc(C2C=CN(C(c3ccccc3)c3ccccc3)C=C2C(=O)OC)c1. The lowest BCUT2D eigenvalue weighted by Gasteiger charge is -2.33. The van der Waals surface area contributed by atoms with Crippen molar-refractivity contribution in [2.75, 3.05) is 13.7 Å². The van der Waals surface area contributed by atoms with Crippen LogP contribution >= 0.6 is 0 Å². The van der Waals surface area contributed by atoms with E-state index in [4.69, 9.17) is 9.47 Å². The maximum Gasteiger partial charge on any atom is 0.338 e. The van der Waals surface area contributed by atoms with E-state index >= 15 is 0 Å². The first kappa shape index (κ1) is 23.1. The highest BCUT2D eigenvalue weighted by atomic mass is 16.5. The summed E-state index contributed by atoms with van der Waals surface area (Å²) in [5, 5.41) is 0. The van der Waals surface area contributed by atoms with Crippen molar-refractivity contribution in [1.29, 1.82) is 0 Å².